The highest BCUT2D eigenvalue weighted by atomic mass is 79.9. The van der Waals surface area contributed by atoms with Crippen LogP contribution in [0.3, 0.4) is 0 Å². The van der Waals surface area contributed by atoms with E-state index in [4.69, 9.17) is 0 Å². The fourth-order valence-corrected chi connectivity index (χ4v) is 3.21. The van der Waals surface area contributed by atoms with Gasteiger partial charge in [0.15, 0.2) is 0 Å². The summed E-state index contributed by atoms with van der Waals surface area (Å²) in [7, 11) is 0. The smallest absolute Gasteiger partial charge is 0.123 e. The van der Waals surface area contributed by atoms with Crippen LogP contribution in [-0.4, -0.2) is 0 Å². The maximum atomic E-state index is 13.4. The van der Waals surface area contributed by atoms with E-state index >= 15 is 0 Å². The summed E-state index contributed by atoms with van der Waals surface area (Å²) < 4.78 is 14.4. The molecular formula is C17H19BrFN. The molecule has 0 heterocycles. The molecule has 0 spiro atoms. The Morgan fingerprint density at radius 3 is 2.55 bits per heavy atom. The number of benzene rings is 2. The molecule has 0 aliphatic rings. The van der Waals surface area contributed by atoms with Crippen molar-refractivity contribution in [1.82, 2.24) is 0 Å². The Bertz CT molecular complexity index is 587. The van der Waals surface area contributed by atoms with Gasteiger partial charge < -0.3 is 5.32 Å². The normalized spacial score (nSPS) is 12.2. The van der Waals surface area contributed by atoms with Crippen molar-refractivity contribution in [3.8, 4) is 0 Å². The number of anilines is 1. The average Bonchev–Trinajstić information content (AvgIpc) is 2.38. The van der Waals surface area contributed by atoms with Gasteiger partial charge in [-0.25, -0.2) is 4.39 Å². The zero-order valence-electron chi connectivity index (χ0n) is 12.0. The fraction of sp³-hybridized carbons (Fsp3) is 0.294. The van der Waals surface area contributed by atoms with Gasteiger partial charge in [-0.1, -0.05) is 25.1 Å². The van der Waals surface area contributed by atoms with Gasteiger partial charge in [0.1, 0.15) is 5.82 Å². The Kier molecular flexibility index (Phi) is 4.81. The molecular weight excluding hydrogens is 317 g/mol. The molecule has 3 heteroatoms. The Balaban J connectivity index is 2.32. The van der Waals surface area contributed by atoms with E-state index in [0.717, 1.165) is 22.1 Å². The predicted molar refractivity (Wildman–Crippen MR) is 86.7 cm³/mol. The Hall–Kier alpha value is -1.35. The predicted octanol–water partition coefficient (Wildman–Crippen LogP) is 5.77. The molecule has 0 bridgehead atoms. The lowest BCUT2D eigenvalue weighted by atomic mass is 10.0. The molecule has 1 nitrogen and oxygen atoms in total. The van der Waals surface area contributed by atoms with Crippen LogP contribution >= 0.6 is 15.9 Å². The molecule has 0 fully saturated rings. The largest absolute Gasteiger partial charge is 0.377 e. The molecule has 0 amide bonds. The molecule has 20 heavy (non-hydrogen) atoms. The third-order valence-electron chi connectivity index (χ3n) is 3.41. The summed E-state index contributed by atoms with van der Waals surface area (Å²) >= 11 is 3.61. The van der Waals surface area contributed by atoms with Crippen LogP contribution in [0.1, 0.15) is 36.1 Å². The standard InChI is InChI=1S/C17H19BrFN/c1-4-16(13-6-5-7-14(19)10-13)20-17-12(3)8-11(2)9-15(17)18/h5-10,16,20H,4H2,1-3H3. The first-order valence-electron chi connectivity index (χ1n) is 6.80. The summed E-state index contributed by atoms with van der Waals surface area (Å²) in [5.41, 5.74) is 4.46. The van der Waals surface area contributed by atoms with Crippen molar-refractivity contribution in [2.75, 3.05) is 5.32 Å². The van der Waals surface area contributed by atoms with Gasteiger partial charge >= 0.3 is 0 Å². The van der Waals surface area contributed by atoms with Crippen LogP contribution in [-0.2, 0) is 0 Å². The number of hydrogen-bond acceptors (Lipinski definition) is 1. The molecule has 106 valence electrons. The minimum Gasteiger partial charge on any atom is -0.377 e. The zero-order chi connectivity index (χ0) is 14.7. The van der Waals surface area contributed by atoms with Crippen molar-refractivity contribution >= 4 is 21.6 Å². The van der Waals surface area contributed by atoms with Crippen LogP contribution in [0, 0.1) is 19.7 Å². The van der Waals surface area contributed by atoms with Gasteiger partial charge in [-0.2, -0.15) is 0 Å². The molecule has 0 saturated heterocycles. The molecule has 1 N–H and O–H groups in total. The topological polar surface area (TPSA) is 12.0 Å². The number of halogens is 2. The minimum atomic E-state index is -0.192. The van der Waals surface area contributed by atoms with Crippen molar-refractivity contribution < 1.29 is 4.39 Å². The van der Waals surface area contributed by atoms with Crippen molar-refractivity contribution in [3.05, 3.63) is 63.4 Å². The highest BCUT2D eigenvalue weighted by Gasteiger charge is 2.13. The van der Waals surface area contributed by atoms with Gasteiger partial charge in [-0.3, -0.25) is 0 Å². The zero-order valence-corrected chi connectivity index (χ0v) is 13.6. The third kappa shape index (κ3) is 3.40. The third-order valence-corrected chi connectivity index (χ3v) is 4.04. The van der Waals surface area contributed by atoms with Crippen LogP contribution in [0.5, 0.6) is 0 Å². The maximum Gasteiger partial charge on any atom is 0.123 e. The van der Waals surface area contributed by atoms with Crippen LogP contribution in [0.15, 0.2) is 40.9 Å². The van der Waals surface area contributed by atoms with Gasteiger partial charge in [0, 0.05) is 4.47 Å². The van der Waals surface area contributed by atoms with Crippen molar-refractivity contribution in [1.29, 1.82) is 0 Å². The number of nitrogens with one attached hydrogen (secondary N) is 1. The summed E-state index contributed by atoms with van der Waals surface area (Å²) in [5, 5.41) is 3.52. The summed E-state index contributed by atoms with van der Waals surface area (Å²) in [6.07, 6.45) is 0.892. The van der Waals surface area contributed by atoms with Gasteiger partial charge in [0.2, 0.25) is 0 Å². The maximum absolute atomic E-state index is 13.4. The van der Waals surface area contributed by atoms with Crippen LogP contribution in [0.25, 0.3) is 0 Å². The lowest BCUT2D eigenvalue weighted by molar-refractivity contribution is 0.620. The molecule has 1 unspecified atom stereocenters. The molecule has 0 aromatic heterocycles. The van der Waals surface area contributed by atoms with E-state index in [1.54, 1.807) is 12.1 Å². The second-order valence-electron chi connectivity index (χ2n) is 5.10. The highest BCUT2D eigenvalue weighted by molar-refractivity contribution is 9.10. The van der Waals surface area contributed by atoms with E-state index in [9.17, 15) is 4.39 Å². The van der Waals surface area contributed by atoms with Crippen molar-refractivity contribution in [2.45, 2.75) is 33.2 Å². The first kappa shape index (κ1) is 15.0. The number of rotatable bonds is 4. The van der Waals surface area contributed by atoms with Crippen molar-refractivity contribution in [2.24, 2.45) is 0 Å². The van der Waals surface area contributed by atoms with Crippen molar-refractivity contribution in [3.63, 3.8) is 0 Å². The quantitative estimate of drug-likeness (QED) is 0.747. The van der Waals surface area contributed by atoms with E-state index in [0.29, 0.717) is 0 Å². The van der Waals surface area contributed by atoms with Crippen LogP contribution < -0.4 is 5.32 Å². The Morgan fingerprint density at radius 2 is 1.95 bits per heavy atom. The Morgan fingerprint density at radius 1 is 1.20 bits per heavy atom. The summed E-state index contributed by atoms with van der Waals surface area (Å²) in [4.78, 5) is 0. The summed E-state index contributed by atoms with van der Waals surface area (Å²) in [6.45, 7) is 6.25. The van der Waals surface area contributed by atoms with Crippen LogP contribution in [0.4, 0.5) is 10.1 Å². The number of aryl methyl sites for hydroxylation is 2. The first-order valence-corrected chi connectivity index (χ1v) is 7.59. The number of hydrogen-bond donors (Lipinski definition) is 1. The van der Waals surface area contributed by atoms with E-state index < -0.39 is 0 Å². The SMILES string of the molecule is CCC(Nc1c(C)cc(C)cc1Br)c1cccc(F)c1. The fourth-order valence-electron chi connectivity index (χ4n) is 2.42. The van der Waals surface area contributed by atoms with Gasteiger partial charge in [0.05, 0.1) is 11.7 Å². The molecule has 1 atom stereocenters. The summed E-state index contributed by atoms with van der Waals surface area (Å²) in [6, 6.07) is 11.1. The molecule has 0 radical (unpaired) electrons. The highest BCUT2D eigenvalue weighted by Crippen LogP contribution is 2.32. The van der Waals surface area contributed by atoms with E-state index in [2.05, 4.69) is 54.2 Å². The molecule has 0 saturated carbocycles. The second kappa shape index (κ2) is 6.40. The molecule has 2 rings (SSSR count). The monoisotopic (exact) mass is 335 g/mol. The minimum absolute atomic E-state index is 0.100. The summed E-state index contributed by atoms with van der Waals surface area (Å²) in [5.74, 6) is -0.192. The van der Waals surface area contributed by atoms with E-state index in [1.807, 2.05) is 6.07 Å². The lowest BCUT2D eigenvalue weighted by Crippen LogP contribution is -2.11. The van der Waals surface area contributed by atoms with E-state index in [1.165, 1.54) is 17.2 Å². The molecule has 0 aliphatic carbocycles. The second-order valence-corrected chi connectivity index (χ2v) is 5.95. The molecule has 0 aliphatic heterocycles. The average molecular weight is 336 g/mol. The van der Waals surface area contributed by atoms with Gasteiger partial charge in [0.25, 0.3) is 0 Å². The Labute approximate surface area is 128 Å². The first-order chi connectivity index (χ1) is 9.51. The molecule has 2 aromatic rings. The van der Waals surface area contributed by atoms with E-state index in [-0.39, 0.29) is 11.9 Å². The van der Waals surface area contributed by atoms with Crippen LogP contribution in [0.2, 0.25) is 0 Å². The lowest BCUT2D eigenvalue weighted by Gasteiger charge is -2.22. The van der Waals surface area contributed by atoms with Gasteiger partial charge in [-0.15, -0.1) is 0 Å². The van der Waals surface area contributed by atoms with Gasteiger partial charge in [-0.05, 0) is 71.1 Å². The molecule has 2 aromatic carbocycles.